The van der Waals surface area contributed by atoms with Crippen molar-refractivity contribution < 1.29 is 2.78 Å². The molecule has 0 aliphatic carbocycles. The van der Waals surface area contributed by atoms with Gasteiger partial charge in [0.2, 0.25) is 0 Å². The third-order valence-electron chi connectivity index (χ3n) is 1.08. The van der Waals surface area contributed by atoms with Crippen molar-refractivity contribution in [1.82, 2.24) is 5.31 Å². The zero-order valence-corrected chi connectivity index (χ0v) is 3.85. The predicted molar refractivity (Wildman–Crippen MR) is 26.7 cm³/mol. The lowest BCUT2D eigenvalue weighted by Gasteiger charge is -1.95. The molecule has 1 fully saturated rings. The standard InChI is InChI=1S/C5H11N/c1-5-3-2-4-6-5/h5-6H,2-4H2,1H3/i1D/hD. The largest absolute Gasteiger partial charge is 0.314 e. The summed E-state index contributed by atoms with van der Waals surface area (Å²) in [6.07, 6.45) is 2.15. The lowest BCUT2D eigenvalue weighted by molar-refractivity contribution is 0.664. The van der Waals surface area contributed by atoms with Crippen LogP contribution in [0.4, 0.5) is 0 Å². The molecule has 0 aromatic rings. The van der Waals surface area contributed by atoms with E-state index in [1.165, 1.54) is 5.31 Å². The topological polar surface area (TPSA) is 12.0 Å². The SMILES string of the molecule is [2H]CC1CCCN1[2H]. The molecule has 1 heteroatoms. The van der Waals surface area contributed by atoms with Gasteiger partial charge in [-0.3, -0.25) is 0 Å². The molecular weight excluding hydrogens is 74.1 g/mol. The molecule has 0 amide bonds. The van der Waals surface area contributed by atoms with Crippen LogP contribution < -0.4 is 5.31 Å². The minimum absolute atomic E-state index is 0.231. The Morgan fingerprint density at radius 3 is 3.50 bits per heavy atom. The fourth-order valence-electron chi connectivity index (χ4n) is 0.692. The summed E-state index contributed by atoms with van der Waals surface area (Å²) < 4.78 is 14.2. The molecule has 0 spiro atoms. The molecule has 1 saturated heterocycles. The first-order valence-corrected chi connectivity index (χ1v) is 2.39. The zero-order valence-electron chi connectivity index (χ0n) is 5.85. The summed E-state index contributed by atoms with van der Waals surface area (Å²) in [5, 5.41) is 1.52. The van der Waals surface area contributed by atoms with E-state index in [0.29, 0.717) is 6.90 Å². The van der Waals surface area contributed by atoms with E-state index < -0.39 is 0 Å². The highest BCUT2D eigenvalue weighted by Crippen LogP contribution is 2.01. The van der Waals surface area contributed by atoms with Gasteiger partial charge in [0.15, 0.2) is 0 Å². The Hall–Kier alpha value is -0.0400. The Bertz CT molecular complexity index is 76.8. The van der Waals surface area contributed by atoms with E-state index in [1.54, 1.807) is 0 Å². The third-order valence-corrected chi connectivity index (χ3v) is 1.08. The van der Waals surface area contributed by atoms with Crippen molar-refractivity contribution in [2.45, 2.75) is 25.8 Å². The highest BCUT2D eigenvalue weighted by molar-refractivity contribution is 4.67. The molecule has 0 saturated carbocycles. The smallest absolute Gasteiger partial charge is 0.122 e. The number of hydrogen-bond donors (Lipinski definition) is 1. The zero-order chi connectivity index (χ0) is 5.98. The second-order valence-corrected chi connectivity index (χ2v) is 1.70. The normalized spacial score (nSPS) is 42.3. The number of nitrogens with one attached hydrogen (secondary N) is 1. The Morgan fingerprint density at radius 1 is 2.17 bits per heavy atom. The van der Waals surface area contributed by atoms with E-state index in [-0.39, 0.29) is 6.04 Å². The second kappa shape index (κ2) is 1.61. The monoisotopic (exact) mass is 87.1 g/mol. The fourth-order valence-corrected chi connectivity index (χ4v) is 0.692. The van der Waals surface area contributed by atoms with Crippen molar-refractivity contribution >= 4 is 0 Å². The summed E-state index contributed by atoms with van der Waals surface area (Å²) in [6, 6.07) is 0.231. The summed E-state index contributed by atoms with van der Waals surface area (Å²) in [5.74, 6) is 0. The summed E-state index contributed by atoms with van der Waals surface area (Å²) in [4.78, 5) is 0. The first-order valence-electron chi connectivity index (χ1n) is 3.55. The Labute approximate surface area is 41.6 Å². The van der Waals surface area contributed by atoms with Gasteiger partial charge in [0, 0.05) is 7.41 Å². The highest BCUT2D eigenvalue weighted by atomic mass is 14.9. The Kier molecular flexibility index (Phi) is 0.619. The molecule has 0 aromatic carbocycles. The van der Waals surface area contributed by atoms with Gasteiger partial charge in [-0.25, -0.2) is 0 Å². The van der Waals surface area contributed by atoms with E-state index in [0.717, 1.165) is 19.4 Å². The average Bonchev–Trinajstić information content (AvgIpc) is 2.14. The van der Waals surface area contributed by atoms with Crippen LogP contribution in [0.5, 0.6) is 0 Å². The van der Waals surface area contributed by atoms with Crippen molar-refractivity contribution in [3.05, 3.63) is 0 Å². The van der Waals surface area contributed by atoms with Crippen molar-refractivity contribution in [1.29, 1.82) is 0 Å². The van der Waals surface area contributed by atoms with Gasteiger partial charge in [-0.2, -0.15) is 0 Å². The summed E-state index contributed by atoms with van der Waals surface area (Å²) in [6.45, 7) is 1.26. The average molecular weight is 87.2 g/mol. The van der Waals surface area contributed by atoms with E-state index in [4.69, 9.17) is 2.78 Å². The Balaban J connectivity index is 2.30. The molecule has 0 aromatic heterocycles. The molecule has 1 aliphatic heterocycles. The van der Waals surface area contributed by atoms with Crippen LogP contribution >= 0.6 is 0 Å². The fraction of sp³-hybridized carbons (Fsp3) is 1.00. The molecule has 1 atom stereocenters. The molecule has 0 radical (unpaired) electrons. The van der Waals surface area contributed by atoms with Crippen molar-refractivity contribution in [3.8, 4) is 0 Å². The van der Waals surface area contributed by atoms with Gasteiger partial charge in [0.1, 0.15) is 1.41 Å². The van der Waals surface area contributed by atoms with Gasteiger partial charge in [-0.05, 0) is 26.3 Å². The minimum Gasteiger partial charge on any atom is -0.314 e. The van der Waals surface area contributed by atoms with Crippen LogP contribution in [0.1, 0.15) is 21.1 Å². The highest BCUT2D eigenvalue weighted by Gasteiger charge is 2.05. The number of hydrogen-bond acceptors (Lipinski definition) is 1. The first kappa shape index (κ1) is 2.31. The lowest BCUT2D eigenvalue weighted by Crippen LogP contribution is -2.16. The van der Waals surface area contributed by atoms with E-state index in [2.05, 4.69) is 0 Å². The van der Waals surface area contributed by atoms with E-state index in [9.17, 15) is 0 Å². The van der Waals surface area contributed by atoms with Crippen LogP contribution in [0.3, 0.4) is 0 Å². The molecule has 6 heavy (non-hydrogen) atoms. The third kappa shape index (κ3) is 0.716. The second-order valence-electron chi connectivity index (χ2n) is 1.70. The van der Waals surface area contributed by atoms with Gasteiger partial charge in [-0.1, -0.05) is 0 Å². The Morgan fingerprint density at radius 2 is 3.17 bits per heavy atom. The molecule has 1 heterocycles. The molecular formula is C5H11N. The molecule has 1 rings (SSSR count). The van der Waals surface area contributed by atoms with E-state index in [1.807, 2.05) is 0 Å². The summed E-state index contributed by atoms with van der Waals surface area (Å²) in [5.41, 5.74) is 0. The minimum atomic E-state index is 0.231. The van der Waals surface area contributed by atoms with Crippen molar-refractivity contribution in [3.63, 3.8) is 0 Å². The molecule has 1 unspecified atom stereocenters. The maximum Gasteiger partial charge on any atom is 0.122 e. The van der Waals surface area contributed by atoms with Crippen LogP contribution in [-0.2, 0) is 0 Å². The lowest BCUT2D eigenvalue weighted by atomic mass is 10.3. The quantitative estimate of drug-likeness (QED) is 0.460. The maximum absolute atomic E-state index is 7.20. The van der Waals surface area contributed by atoms with Crippen molar-refractivity contribution in [2.75, 3.05) is 6.54 Å². The maximum atomic E-state index is 7.20. The van der Waals surface area contributed by atoms with Gasteiger partial charge in [-0.15, -0.1) is 0 Å². The van der Waals surface area contributed by atoms with Gasteiger partial charge < -0.3 is 5.31 Å². The van der Waals surface area contributed by atoms with Gasteiger partial charge in [0.05, 0.1) is 0 Å². The first-order chi connectivity index (χ1) is 3.84. The molecule has 36 valence electrons. The molecule has 0 bridgehead atoms. The van der Waals surface area contributed by atoms with Crippen LogP contribution in [-0.4, -0.2) is 12.6 Å². The predicted octanol–water partition coefficient (Wildman–Crippen LogP) is 0.758. The van der Waals surface area contributed by atoms with E-state index >= 15 is 0 Å². The summed E-state index contributed by atoms with van der Waals surface area (Å²) >= 11 is 0. The van der Waals surface area contributed by atoms with Gasteiger partial charge in [0.25, 0.3) is 0 Å². The van der Waals surface area contributed by atoms with Crippen LogP contribution in [0.15, 0.2) is 0 Å². The van der Waals surface area contributed by atoms with Crippen LogP contribution in [0.2, 0.25) is 1.41 Å². The number of rotatable bonds is 0. The molecule has 1 N–H and O–H groups in total. The molecule has 1 nitrogen and oxygen atoms in total. The summed E-state index contributed by atoms with van der Waals surface area (Å²) in [7, 11) is 0. The van der Waals surface area contributed by atoms with Crippen molar-refractivity contribution in [2.24, 2.45) is 0 Å². The molecule has 1 aliphatic rings. The van der Waals surface area contributed by atoms with Crippen LogP contribution in [0, 0.1) is 0 Å². The van der Waals surface area contributed by atoms with Crippen LogP contribution in [0.25, 0.3) is 0 Å². The van der Waals surface area contributed by atoms with Gasteiger partial charge >= 0.3 is 0 Å².